The standard InChI is InChI=1S/C13H17NO3/c1-3-9(2)12(15)14-8-10-5-4-6-11(7-10)13(16)17/h4-7,9H,3,8H2,1-2H3,(H,14,15)(H,16,17). The van der Waals surface area contributed by atoms with Crippen LogP contribution in [0.4, 0.5) is 0 Å². The second kappa shape index (κ2) is 6.03. The lowest BCUT2D eigenvalue weighted by molar-refractivity contribution is -0.124. The monoisotopic (exact) mass is 235 g/mol. The summed E-state index contributed by atoms with van der Waals surface area (Å²) < 4.78 is 0. The second-order valence-corrected chi connectivity index (χ2v) is 4.03. The van der Waals surface area contributed by atoms with Crippen LogP contribution in [0.3, 0.4) is 0 Å². The summed E-state index contributed by atoms with van der Waals surface area (Å²) >= 11 is 0. The molecule has 1 rings (SSSR count). The molecule has 4 nitrogen and oxygen atoms in total. The molecule has 1 unspecified atom stereocenters. The highest BCUT2D eigenvalue weighted by Gasteiger charge is 2.10. The van der Waals surface area contributed by atoms with Gasteiger partial charge in [0.2, 0.25) is 5.91 Å². The molecule has 1 aromatic carbocycles. The summed E-state index contributed by atoms with van der Waals surface area (Å²) in [5.41, 5.74) is 1.03. The van der Waals surface area contributed by atoms with Crippen LogP contribution in [-0.2, 0) is 11.3 Å². The first-order valence-electron chi connectivity index (χ1n) is 5.64. The van der Waals surface area contributed by atoms with E-state index in [1.807, 2.05) is 13.8 Å². The summed E-state index contributed by atoms with van der Waals surface area (Å²) in [5.74, 6) is -0.981. The van der Waals surface area contributed by atoms with E-state index in [2.05, 4.69) is 5.32 Å². The predicted molar refractivity (Wildman–Crippen MR) is 64.7 cm³/mol. The molecule has 0 saturated heterocycles. The maximum atomic E-state index is 11.5. The van der Waals surface area contributed by atoms with Crippen molar-refractivity contribution in [2.24, 2.45) is 5.92 Å². The Bertz CT molecular complexity index is 415. The largest absolute Gasteiger partial charge is 0.478 e. The number of hydrogen-bond donors (Lipinski definition) is 2. The molecular formula is C13H17NO3. The van der Waals surface area contributed by atoms with Crippen LogP contribution in [0.15, 0.2) is 24.3 Å². The molecule has 0 aliphatic rings. The van der Waals surface area contributed by atoms with Crippen molar-refractivity contribution in [3.63, 3.8) is 0 Å². The zero-order valence-corrected chi connectivity index (χ0v) is 10.1. The van der Waals surface area contributed by atoms with Crippen LogP contribution >= 0.6 is 0 Å². The zero-order valence-electron chi connectivity index (χ0n) is 10.1. The Morgan fingerprint density at radius 2 is 2.12 bits per heavy atom. The maximum absolute atomic E-state index is 11.5. The van der Waals surface area contributed by atoms with E-state index in [0.29, 0.717) is 6.54 Å². The SMILES string of the molecule is CCC(C)C(=O)NCc1cccc(C(=O)O)c1. The van der Waals surface area contributed by atoms with Gasteiger partial charge in [-0.15, -0.1) is 0 Å². The topological polar surface area (TPSA) is 66.4 Å². The normalized spacial score (nSPS) is 11.9. The Morgan fingerprint density at radius 1 is 1.41 bits per heavy atom. The highest BCUT2D eigenvalue weighted by atomic mass is 16.4. The van der Waals surface area contributed by atoms with Crippen molar-refractivity contribution < 1.29 is 14.7 Å². The van der Waals surface area contributed by atoms with E-state index >= 15 is 0 Å². The fourth-order valence-corrected chi connectivity index (χ4v) is 1.36. The van der Waals surface area contributed by atoms with Gasteiger partial charge >= 0.3 is 5.97 Å². The Labute approximate surface area is 101 Å². The smallest absolute Gasteiger partial charge is 0.335 e. The molecule has 0 radical (unpaired) electrons. The number of rotatable bonds is 5. The molecule has 17 heavy (non-hydrogen) atoms. The average Bonchev–Trinajstić information content (AvgIpc) is 2.35. The first kappa shape index (κ1) is 13.2. The Morgan fingerprint density at radius 3 is 2.71 bits per heavy atom. The maximum Gasteiger partial charge on any atom is 0.335 e. The average molecular weight is 235 g/mol. The van der Waals surface area contributed by atoms with Crippen LogP contribution in [0.25, 0.3) is 0 Å². The van der Waals surface area contributed by atoms with E-state index in [1.54, 1.807) is 18.2 Å². The fourth-order valence-electron chi connectivity index (χ4n) is 1.36. The minimum atomic E-state index is -0.958. The lowest BCUT2D eigenvalue weighted by Gasteiger charge is -2.10. The number of benzene rings is 1. The van der Waals surface area contributed by atoms with Gasteiger partial charge in [-0.2, -0.15) is 0 Å². The van der Waals surface area contributed by atoms with Crippen molar-refractivity contribution in [1.29, 1.82) is 0 Å². The first-order chi connectivity index (χ1) is 8.04. The molecule has 0 aromatic heterocycles. The number of hydrogen-bond acceptors (Lipinski definition) is 2. The first-order valence-corrected chi connectivity index (χ1v) is 5.64. The summed E-state index contributed by atoms with van der Waals surface area (Å²) in [5, 5.41) is 11.6. The van der Waals surface area contributed by atoms with Crippen molar-refractivity contribution in [2.75, 3.05) is 0 Å². The minimum Gasteiger partial charge on any atom is -0.478 e. The van der Waals surface area contributed by atoms with E-state index in [9.17, 15) is 9.59 Å². The van der Waals surface area contributed by atoms with Crippen LogP contribution in [0, 0.1) is 5.92 Å². The summed E-state index contributed by atoms with van der Waals surface area (Å²) in [6.07, 6.45) is 0.793. The van der Waals surface area contributed by atoms with Gasteiger partial charge in [0.25, 0.3) is 0 Å². The van der Waals surface area contributed by atoms with E-state index in [1.165, 1.54) is 6.07 Å². The molecule has 1 amide bonds. The lowest BCUT2D eigenvalue weighted by Crippen LogP contribution is -2.28. The van der Waals surface area contributed by atoms with E-state index in [-0.39, 0.29) is 17.4 Å². The van der Waals surface area contributed by atoms with Crippen molar-refractivity contribution in [3.05, 3.63) is 35.4 Å². The molecule has 0 aliphatic heterocycles. The third kappa shape index (κ3) is 3.90. The van der Waals surface area contributed by atoms with Crippen LogP contribution in [0.5, 0.6) is 0 Å². The van der Waals surface area contributed by atoms with Gasteiger partial charge in [-0.05, 0) is 24.1 Å². The highest BCUT2D eigenvalue weighted by Crippen LogP contribution is 2.06. The van der Waals surface area contributed by atoms with Gasteiger partial charge in [-0.1, -0.05) is 26.0 Å². The van der Waals surface area contributed by atoms with Gasteiger partial charge in [0, 0.05) is 12.5 Å². The van der Waals surface area contributed by atoms with Crippen LogP contribution in [0.1, 0.15) is 36.2 Å². The van der Waals surface area contributed by atoms with Crippen molar-refractivity contribution in [3.8, 4) is 0 Å². The minimum absolute atomic E-state index is 0.00627. The number of carboxylic acid groups (broad SMARTS) is 1. The lowest BCUT2D eigenvalue weighted by atomic mass is 10.1. The van der Waals surface area contributed by atoms with Crippen molar-refractivity contribution >= 4 is 11.9 Å². The van der Waals surface area contributed by atoms with E-state index in [0.717, 1.165) is 12.0 Å². The molecule has 0 saturated carbocycles. The third-order valence-electron chi connectivity index (χ3n) is 2.70. The van der Waals surface area contributed by atoms with Gasteiger partial charge in [0.05, 0.1) is 5.56 Å². The molecular weight excluding hydrogens is 218 g/mol. The molecule has 0 bridgehead atoms. The molecule has 92 valence electrons. The summed E-state index contributed by atoms with van der Waals surface area (Å²) in [6.45, 7) is 4.18. The third-order valence-corrected chi connectivity index (χ3v) is 2.70. The molecule has 4 heteroatoms. The van der Waals surface area contributed by atoms with Gasteiger partial charge in [0.15, 0.2) is 0 Å². The molecule has 0 fully saturated rings. The van der Waals surface area contributed by atoms with Crippen molar-refractivity contribution in [2.45, 2.75) is 26.8 Å². The van der Waals surface area contributed by atoms with Crippen molar-refractivity contribution in [1.82, 2.24) is 5.32 Å². The number of amides is 1. The molecule has 1 atom stereocenters. The number of nitrogens with one attached hydrogen (secondary N) is 1. The molecule has 1 aromatic rings. The Hall–Kier alpha value is -1.84. The van der Waals surface area contributed by atoms with Crippen LogP contribution < -0.4 is 5.32 Å². The summed E-state index contributed by atoms with van der Waals surface area (Å²) in [6, 6.07) is 6.57. The number of carbonyl (C=O) groups excluding carboxylic acids is 1. The van der Waals surface area contributed by atoms with Gasteiger partial charge in [-0.25, -0.2) is 4.79 Å². The summed E-state index contributed by atoms with van der Waals surface area (Å²) in [7, 11) is 0. The molecule has 0 aliphatic carbocycles. The molecule has 0 spiro atoms. The van der Waals surface area contributed by atoms with E-state index < -0.39 is 5.97 Å². The second-order valence-electron chi connectivity index (χ2n) is 4.03. The van der Waals surface area contributed by atoms with Gasteiger partial charge in [0.1, 0.15) is 0 Å². The highest BCUT2D eigenvalue weighted by molar-refractivity contribution is 5.87. The van der Waals surface area contributed by atoms with Crippen LogP contribution in [-0.4, -0.2) is 17.0 Å². The Balaban J connectivity index is 2.60. The zero-order chi connectivity index (χ0) is 12.8. The quantitative estimate of drug-likeness (QED) is 0.820. The Kier molecular flexibility index (Phi) is 4.69. The number of carbonyl (C=O) groups is 2. The fraction of sp³-hybridized carbons (Fsp3) is 0.385. The van der Waals surface area contributed by atoms with Crippen LogP contribution in [0.2, 0.25) is 0 Å². The predicted octanol–water partition coefficient (Wildman–Crippen LogP) is 2.05. The number of aromatic carboxylic acids is 1. The van der Waals surface area contributed by atoms with E-state index in [4.69, 9.17) is 5.11 Å². The van der Waals surface area contributed by atoms with Gasteiger partial charge < -0.3 is 10.4 Å². The molecule has 2 N–H and O–H groups in total. The number of carboxylic acids is 1. The molecule has 0 heterocycles. The van der Waals surface area contributed by atoms with Gasteiger partial charge in [-0.3, -0.25) is 4.79 Å². The summed E-state index contributed by atoms with van der Waals surface area (Å²) in [4.78, 5) is 22.3.